The number of urea groups is 1. The summed E-state index contributed by atoms with van der Waals surface area (Å²) in [6.07, 6.45) is 4.22. The van der Waals surface area contributed by atoms with E-state index in [1.54, 1.807) is 33.5 Å². The number of carbonyl (C=O) groups is 1. The van der Waals surface area contributed by atoms with Crippen LogP contribution in [0.5, 0.6) is 17.2 Å². The Morgan fingerprint density at radius 1 is 1.00 bits per heavy atom. The van der Waals surface area contributed by atoms with E-state index in [9.17, 15) is 4.79 Å². The Balaban J connectivity index is 1.87. The quantitative estimate of drug-likeness (QED) is 0.755. The number of likely N-dealkylation sites (tertiary alicyclic amines) is 1. The van der Waals surface area contributed by atoms with Gasteiger partial charge in [-0.05, 0) is 25.3 Å². The van der Waals surface area contributed by atoms with Crippen molar-refractivity contribution in [3.05, 3.63) is 47.5 Å². The molecule has 156 valence electrons. The van der Waals surface area contributed by atoms with Crippen LogP contribution in [-0.2, 0) is 0 Å². The van der Waals surface area contributed by atoms with Crippen molar-refractivity contribution >= 4 is 11.7 Å². The lowest BCUT2D eigenvalue weighted by Crippen LogP contribution is -2.38. The molecule has 1 aliphatic rings. The maximum absolute atomic E-state index is 13.2. The van der Waals surface area contributed by atoms with E-state index >= 15 is 0 Å². The van der Waals surface area contributed by atoms with Crippen molar-refractivity contribution in [3.63, 3.8) is 0 Å². The first-order valence-corrected chi connectivity index (χ1v) is 10.0. The van der Waals surface area contributed by atoms with E-state index in [2.05, 4.69) is 36.5 Å². The van der Waals surface area contributed by atoms with Gasteiger partial charge in [0.1, 0.15) is 0 Å². The van der Waals surface area contributed by atoms with Crippen molar-refractivity contribution in [2.45, 2.75) is 38.6 Å². The second-order valence-corrected chi connectivity index (χ2v) is 7.32. The Morgan fingerprint density at radius 3 is 2.34 bits per heavy atom. The number of aryl methyl sites for hydroxylation is 1. The second kappa shape index (κ2) is 9.54. The average molecular weight is 399 g/mol. The first-order valence-electron chi connectivity index (χ1n) is 10.0. The fourth-order valence-corrected chi connectivity index (χ4v) is 3.92. The van der Waals surface area contributed by atoms with Crippen LogP contribution in [0.1, 0.15) is 42.9 Å². The van der Waals surface area contributed by atoms with Crippen LogP contribution in [0.2, 0.25) is 0 Å². The highest BCUT2D eigenvalue weighted by molar-refractivity contribution is 5.90. The summed E-state index contributed by atoms with van der Waals surface area (Å²) >= 11 is 0. The largest absolute Gasteiger partial charge is 0.493 e. The third-order valence-electron chi connectivity index (χ3n) is 5.36. The molecule has 1 saturated heterocycles. The van der Waals surface area contributed by atoms with Gasteiger partial charge in [-0.2, -0.15) is 0 Å². The zero-order valence-corrected chi connectivity index (χ0v) is 17.7. The highest BCUT2D eigenvalue weighted by Crippen LogP contribution is 2.40. The number of nitrogens with zero attached hydrogens (tertiary/aromatic N) is 1. The van der Waals surface area contributed by atoms with Gasteiger partial charge in [0, 0.05) is 18.7 Å². The van der Waals surface area contributed by atoms with Crippen molar-refractivity contribution in [2.75, 3.05) is 33.2 Å². The van der Waals surface area contributed by atoms with E-state index in [0.29, 0.717) is 22.9 Å². The van der Waals surface area contributed by atoms with Crippen LogP contribution in [0.25, 0.3) is 0 Å². The Bertz CT molecular complexity index is 828. The first kappa shape index (κ1) is 20.8. The number of ether oxygens (including phenoxy) is 3. The monoisotopic (exact) mass is 398 g/mol. The molecule has 2 amide bonds. The van der Waals surface area contributed by atoms with Gasteiger partial charge in [-0.25, -0.2) is 4.79 Å². The summed E-state index contributed by atoms with van der Waals surface area (Å²) in [4.78, 5) is 15.2. The van der Waals surface area contributed by atoms with Gasteiger partial charge in [-0.3, -0.25) is 0 Å². The van der Waals surface area contributed by atoms with E-state index < -0.39 is 0 Å². The lowest BCUT2D eigenvalue weighted by molar-refractivity contribution is 0.189. The van der Waals surface area contributed by atoms with Gasteiger partial charge >= 0.3 is 6.03 Å². The number of benzene rings is 2. The number of methoxy groups -OCH3 is 3. The fraction of sp³-hybridized carbons (Fsp3) is 0.435. The molecule has 1 heterocycles. The summed E-state index contributed by atoms with van der Waals surface area (Å²) in [6, 6.07) is 11.9. The zero-order valence-electron chi connectivity index (χ0n) is 17.7. The van der Waals surface area contributed by atoms with Crippen LogP contribution >= 0.6 is 0 Å². The molecule has 2 aromatic carbocycles. The molecule has 6 heteroatoms. The summed E-state index contributed by atoms with van der Waals surface area (Å²) in [5.74, 6) is 1.52. The Morgan fingerprint density at radius 2 is 1.72 bits per heavy atom. The van der Waals surface area contributed by atoms with E-state index in [4.69, 9.17) is 14.2 Å². The fourth-order valence-electron chi connectivity index (χ4n) is 3.92. The van der Waals surface area contributed by atoms with Crippen LogP contribution in [0.4, 0.5) is 10.5 Å². The standard InChI is InChI=1S/C23H30N2O4/c1-16-9-8-10-17(13-16)19-11-6-5-7-12-25(19)23(26)24-18-14-20(27-2)22(29-4)21(15-18)28-3/h8-10,13-15,19H,5-7,11-12H2,1-4H3,(H,24,26). The number of amides is 2. The van der Waals surface area contributed by atoms with E-state index in [1.807, 2.05) is 4.90 Å². The Kier molecular flexibility index (Phi) is 6.86. The molecular weight excluding hydrogens is 368 g/mol. The third kappa shape index (κ3) is 4.75. The number of anilines is 1. The number of hydrogen-bond acceptors (Lipinski definition) is 4. The summed E-state index contributed by atoms with van der Waals surface area (Å²) in [7, 11) is 4.68. The molecule has 0 aliphatic carbocycles. The van der Waals surface area contributed by atoms with E-state index in [0.717, 1.165) is 32.2 Å². The molecule has 1 N–H and O–H groups in total. The van der Waals surface area contributed by atoms with E-state index in [-0.39, 0.29) is 12.1 Å². The van der Waals surface area contributed by atoms with Gasteiger partial charge in [0.25, 0.3) is 0 Å². The molecule has 1 unspecified atom stereocenters. The molecular formula is C23H30N2O4. The first-order chi connectivity index (χ1) is 14.1. The molecule has 0 saturated carbocycles. The van der Waals surface area contributed by atoms with Crippen molar-refractivity contribution in [1.82, 2.24) is 4.90 Å². The number of carbonyl (C=O) groups excluding carboxylic acids is 1. The Labute approximate surface area is 172 Å². The maximum atomic E-state index is 13.2. The van der Waals surface area contributed by atoms with Crippen molar-refractivity contribution < 1.29 is 19.0 Å². The number of nitrogens with one attached hydrogen (secondary N) is 1. The summed E-state index contributed by atoms with van der Waals surface area (Å²) in [5.41, 5.74) is 3.00. The minimum Gasteiger partial charge on any atom is -0.493 e. The summed E-state index contributed by atoms with van der Waals surface area (Å²) in [5, 5.41) is 3.03. The highest BCUT2D eigenvalue weighted by Gasteiger charge is 2.27. The summed E-state index contributed by atoms with van der Waals surface area (Å²) in [6.45, 7) is 2.81. The molecule has 2 aromatic rings. The lowest BCUT2D eigenvalue weighted by Gasteiger charge is -2.31. The molecule has 6 nitrogen and oxygen atoms in total. The second-order valence-electron chi connectivity index (χ2n) is 7.32. The third-order valence-corrected chi connectivity index (χ3v) is 5.36. The molecule has 0 radical (unpaired) electrons. The predicted molar refractivity (Wildman–Crippen MR) is 114 cm³/mol. The van der Waals surface area contributed by atoms with Crippen LogP contribution in [0, 0.1) is 6.92 Å². The van der Waals surface area contributed by atoms with Gasteiger partial charge in [0.15, 0.2) is 11.5 Å². The molecule has 0 spiro atoms. The number of hydrogen-bond donors (Lipinski definition) is 1. The van der Waals surface area contributed by atoms with Crippen LogP contribution in [0.3, 0.4) is 0 Å². The Hall–Kier alpha value is -2.89. The zero-order chi connectivity index (χ0) is 20.8. The van der Waals surface area contributed by atoms with E-state index in [1.165, 1.54) is 11.1 Å². The molecule has 0 bridgehead atoms. The SMILES string of the molecule is COc1cc(NC(=O)N2CCCCCC2c2cccc(C)c2)cc(OC)c1OC. The molecule has 1 aliphatic heterocycles. The van der Waals surface area contributed by atoms with Crippen molar-refractivity contribution in [3.8, 4) is 17.2 Å². The van der Waals surface area contributed by atoms with Gasteiger partial charge in [-0.1, -0.05) is 42.7 Å². The van der Waals surface area contributed by atoms with Crippen LogP contribution in [-0.4, -0.2) is 38.8 Å². The van der Waals surface area contributed by atoms with Crippen LogP contribution in [0.15, 0.2) is 36.4 Å². The van der Waals surface area contributed by atoms with Gasteiger partial charge in [0.2, 0.25) is 5.75 Å². The van der Waals surface area contributed by atoms with Gasteiger partial charge in [0.05, 0.1) is 33.1 Å². The predicted octanol–water partition coefficient (Wildman–Crippen LogP) is 5.17. The molecule has 29 heavy (non-hydrogen) atoms. The van der Waals surface area contributed by atoms with Crippen molar-refractivity contribution in [1.29, 1.82) is 0 Å². The minimum absolute atomic E-state index is 0.0689. The molecule has 1 fully saturated rings. The van der Waals surface area contributed by atoms with Crippen LogP contribution < -0.4 is 19.5 Å². The highest BCUT2D eigenvalue weighted by atomic mass is 16.5. The molecule has 1 atom stereocenters. The smallest absolute Gasteiger partial charge is 0.322 e. The van der Waals surface area contributed by atoms with Gasteiger partial charge in [-0.15, -0.1) is 0 Å². The topological polar surface area (TPSA) is 60.0 Å². The maximum Gasteiger partial charge on any atom is 0.322 e. The van der Waals surface area contributed by atoms with Crippen molar-refractivity contribution in [2.24, 2.45) is 0 Å². The molecule has 0 aromatic heterocycles. The van der Waals surface area contributed by atoms with Gasteiger partial charge < -0.3 is 24.4 Å². The minimum atomic E-state index is -0.118. The molecule has 3 rings (SSSR count). The average Bonchev–Trinajstić information content (AvgIpc) is 2.99. The normalized spacial score (nSPS) is 16.7. The number of rotatable bonds is 5. The summed E-state index contributed by atoms with van der Waals surface area (Å²) < 4.78 is 16.2. The lowest BCUT2D eigenvalue weighted by atomic mass is 9.99.